The molecule has 1 aromatic rings. The summed E-state index contributed by atoms with van der Waals surface area (Å²) in [5.41, 5.74) is 4.24. The topological polar surface area (TPSA) is 6.48 Å². The van der Waals surface area contributed by atoms with Crippen molar-refractivity contribution in [3.8, 4) is 0 Å². The number of piperazine rings is 1. The van der Waals surface area contributed by atoms with Crippen LogP contribution in [0.2, 0.25) is 0 Å². The maximum atomic E-state index is 2.76. The standard InChI is InChI=1S/C19H30N2/c1-15-5-4-6-18(13-15)20-9-11-21(12-10-20)19-14-16(2)7-8-17(19)3/h7-8,14-15,18H,4-6,9-13H2,1-3H3/t15-,18+/m1/s1. The van der Waals surface area contributed by atoms with Gasteiger partial charge in [-0.2, -0.15) is 0 Å². The van der Waals surface area contributed by atoms with E-state index in [1.54, 1.807) is 0 Å². The first kappa shape index (κ1) is 14.9. The smallest absolute Gasteiger partial charge is 0.0399 e. The average Bonchev–Trinajstić information content (AvgIpc) is 2.50. The van der Waals surface area contributed by atoms with Gasteiger partial charge in [0.05, 0.1) is 0 Å². The van der Waals surface area contributed by atoms with Crippen molar-refractivity contribution in [1.82, 2.24) is 4.90 Å². The van der Waals surface area contributed by atoms with Crippen molar-refractivity contribution < 1.29 is 0 Å². The molecule has 21 heavy (non-hydrogen) atoms. The number of benzene rings is 1. The van der Waals surface area contributed by atoms with Gasteiger partial charge in [0, 0.05) is 37.9 Å². The third kappa shape index (κ3) is 3.42. The molecule has 0 bridgehead atoms. The van der Waals surface area contributed by atoms with E-state index in [1.165, 1.54) is 68.7 Å². The predicted molar refractivity (Wildman–Crippen MR) is 91.1 cm³/mol. The van der Waals surface area contributed by atoms with Gasteiger partial charge in [0.2, 0.25) is 0 Å². The second-order valence-corrected chi connectivity index (χ2v) is 7.24. The van der Waals surface area contributed by atoms with E-state index >= 15 is 0 Å². The van der Waals surface area contributed by atoms with E-state index in [-0.39, 0.29) is 0 Å². The highest BCUT2D eigenvalue weighted by atomic mass is 15.3. The van der Waals surface area contributed by atoms with E-state index in [9.17, 15) is 0 Å². The first-order chi connectivity index (χ1) is 10.1. The van der Waals surface area contributed by atoms with Crippen molar-refractivity contribution in [2.75, 3.05) is 31.1 Å². The van der Waals surface area contributed by atoms with Crippen molar-refractivity contribution in [2.45, 2.75) is 52.5 Å². The number of aryl methyl sites for hydroxylation is 2. The Hall–Kier alpha value is -1.02. The maximum absolute atomic E-state index is 2.76. The minimum Gasteiger partial charge on any atom is -0.369 e. The zero-order valence-electron chi connectivity index (χ0n) is 13.9. The van der Waals surface area contributed by atoms with Gasteiger partial charge in [0.1, 0.15) is 0 Å². The quantitative estimate of drug-likeness (QED) is 0.810. The largest absolute Gasteiger partial charge is 0.369 e. The van der Waals surface area contributed by atoms with E-state index in [2.05, 4.69) is 48.8 Å². The Labute approximate surface area is 130 Å². The van der Waals surface area contributed by atoms with E-state index < -0.39 is 0 Å². The molecule has 1 saturated carbocycles. The monoisotopic (exact) mass is 286 g/mol. The molecule has 0 amide bonds. The SMILES string of the molecule is Cc1ccc(C)c(N2CCN([C@H]3CCC[C@@H](C)C3)CC2)c1. The summed E-state index contributed by atoms with van der Waals surface area (Å²) in [6, 6.07) is 7.70. The van der Waals surface area contributed by atoms with Crippen LogP contribution in [0.1, 0.15) is 43.7 Å². The molecule has 2 nitrogen and oxygen atoms in total. The zero-order chi connectivity index (χ0) is 14.8. The molecule has 116 valence electrons. The first-order valence-electron chi connectivity index (χ1n) is 8.70. The molecular weight excluding hydrogens is 256 g/mol. The van der Waals surface area contributed by atoms with Crippen LogP contribution in [0, 0.1) is 19.8 Å². The molecule has 0 unspecified atom stereocenters. The highest BCUT2D eigenvalue weighted by molar-refractivity contribution is 5.55. The van der Waals surface area contributed by atoms with Crippen molar-refractivity contribution in [3.63, 3.8) is 0 Å². The van der Waals surface area contributed by atoms with Gasteiger partial charge in [0.15, 0.2) is 0 Å². The summed E-state index contributed by atoms with van der Waals surface area (Å²) in [5, 5.41) is 0. The maximum Gasteiger partial charge on any atom is 0.0399 e. The summed E-state index contributed by atoms with van der Waals surface area (Å²) >= 11 is 0. The Morgan fingerprint density at radius 2 is 1.76 bits per heavy atom. The number of nitrogens with zero attached hydrogens (tertiary/aromatic N) is 2. The molecule has 2 fully saturated rings. The van der Waals surface area contributed by atoms with Gasteiger partial charge in [-0.25, -0.2) is 0 Å². The Morgan fingerprint density at radius 3 is 2.48 bits per heavy atom. The molecule has 2 atom stereocenters. The predicted octanol–water partition coefficient (Wildman–Crippen LogP) is 4.00. The van der Waals surface area contributed by atoms with E-state index in [1.807, 2.05) is 0 Å². The second-order valence-electron chi connectivity index (χ2n) is 7.24. The third-order valence-corrected chi connectivity index (χ3v) is 5.44. The molecule has 1 aromatic carbocycles. The molecule has 1 aliphatic carbocycles. The third-order valence-electron chi connectivity index (χ3n) is 5.44. The Bertz CT molecular complexity index is 474. The van der Waals surface area contributed by atoms with Crippen LogP contribution >= 0.6 is 0 Å². The molecule has 3 rings (SSSR count). The lowest BCUT2D eigenvalue weighted by atomic mass is 9.86. The molecule has 0 radical (unpaired) electrons. The summed E-state index contributed by atoms with van der Waals surface area (Å²) < 4.78 is 0. The summed E-state index contributed by atoms with van der Waals surface area (Å²) in [4.78, 5) is 5.35. The fraction of sp³-hybridized carbons (Fsp3) is 0.684. The fourth-order valence-corrected chi connectivity index (χ4v) is 4.12. The summed E-state index contributed by atoms with van der Waals surface area (Å²) in [6.45, 7) is 11.7. The van der Waals surface area contributed by atoms with Gasteiger partial charge in [-0.15, -0.1) is 0 Å². The van der Waals surface area contributed by atoms with E-state index in [0.29, 0.717) is 0 Å². The average molecular weight is 286 g/mol. The van der Waals surface area contributed by atoms with Crippen LogP contribution in [-0.4, -0.2) is 37.1 Å². The van der Waals surface area contributed by atoms with Crippen LogP contribution in [0.5, 0.6) is 0 Å². The number of hydrogen-bond donors (Lipinski definition) is 0. The normalized spacial score (nSPS) is 27.9. The van der Waals surface area contributed by atoms with Crippen LogP contribution in [0.3, 0.4) is 0 Å². The Kier molecular flexibility index (Phi) is 4.54. The zero-order valence-corrected chi connectivity index (χ0v) is 13.9. The lowest BCUT2D eigenvalue weighted by molar-refractivity contribution is 0.127. The molecule has 0 aromatic heterocycles. The molecule has 0 spiro atoms. The van der Waals surface area contributed by atoms with Crippen molar-refractivity contribution >= 4 is 5.69 Å². The lowest BCUT2D eigenvalue weighted by Crippen LogP contribution is -2.51. The van der Waals surface area contributed by atoms with Gasteiger partial charge < -0.3 is 4.90 Å². The molecule has 1 saturated heterocycles. The van der Waals surface area contributed by atoms with Crippen LogP contribution in [0.25, 0.3) is 0 Å². The molecule has 2 aliphatic rings. The highest BCUT2D eigenvalue weighted by Crippen LogP contribution is 2.29. The summed E-state index contributed by atoms with van der Waals surface area (Å²) in [6.07, 6.45) is 5.72. The molecule has 1 aliphatic heterocycles. The second kappa shape index (κ2) is 6.39. The van der Waals surface area contributed by atoms with Gasteiger partial charge in [-0.1, -0.05) is 31.9 Å². The fourth-order valence-electron chi connectivity index (χ4n) is 4.12. The van der Waals surface area contributed by atoms with Crippen LogP contribution in [-0.2, 0) is 0 Å². The minimum absolute atomic E-state index is 0.856. The van der Waals surface area contributed by atoms with E-state index in [0.717, 1.165) is 12.0 Å². The van der Waals surface area contributed by atoms with Gasteiger partial charge in [-0.3, -0.25) is 4.90 Å². The molecule has 1 heterocycles. The van der Waals surface area contributed by atoms with Crippen molar-refractivity contribution in [3.05, 3.63) is 29.3 Å². The lowest BCUT2D eigenvalue weighted by Gasteiger charge is -2.43. The summed E-state index contributed by atoms with van der Waals surface area (Å²) in [5.74, 6) is 0.931. The number of hydrogen-bond acceptors (Lipinski definition) is 2. The Balaban J connectivity index is 1.61. The Morgan fingerprint density at radius 1 is 1.00 bits per heavy atom. The molecule has 2 heteroatoms. The minimum atomic E-state index is 0.856. The number of anilines is 1. The molecule has 0 N–H and O–H groups in total. The highest BCUT2D eigenvalue weighted by Gasteiger charge is 2.27. The van der Waals surface area contributed by atoms with Gasteiger partial charge >= 0.3 is 0 Å². The summed E-state index contributed by atoms with van der Waals surface area (Å²) in [7, 11) is 0. The van der Waals surface area contributed by atoms with Crippen LogP contribution < -0.4 is 4.90 Å². The van der Waals surface area contributed by atoms with Crippen LogP contribution in [0.4, 0.5) is 5.69 Å². The van der Waals surface area contributed by atoms with Gasteiger partial charge in [0.25, 0.3) is 0 Å². The van der Waals surface area contributed by atoms with Crippen LogP contribution in [0.15, 0.2) is 18.2 Å². The first-order valence-corrected chi connectivity index (χ1v) is 8.70. The number of rotatable bonds is 2. The van der Waals surface area contributed by atoms with Gasteiger partial charge in [-0.05, 0) is 49.8 Å². The van der Waals surface area contributed by atoms with Crippen molar-refractivity contribution in [2.24, 2.45) is 5.92 Å². The van der Waals surface area contributed by atoms with E-state index in [4.69, 9.17) is 0 Å². The van der Waals surface area contributed by atoms with Crippen molar-refractivity contribution in [1.29, 1.82) is 0 Å². The molecular formula is C19H30N2.